The van der Waals surface area contributed by atoms with E-state index >= 15 is 0 Å². The number of anilines is 1. The Morgan fingerprint density at radius 3 is 2.73 bits per heavy atom. The molecule has 26 heavy (non-hydrogen) atoms. The highest BCUT2D eigenvalue weighted by atomic mass is 32.1. The van der Waals surface area contributed by atoms with E-state index in [2.05, 4.69) is 10.1 Å². The highest BCUT2D eigenvalue weighted by Crippen LogP contribution is 2.31. The van der Waals surface area contributed by atoms with E-state index in [-0.39, 0.29) is 11.7 Å². The quantitative estimate of drug-likeness (QED) is 0.548. The maximum atomic E-state index is 13.5. The summed E-state index contributed by atoms with van der Waals surface area (Å²) in [7, 11) is 1.72. The van der Waals surface area contributed by atoms with Crippen molar-refractivity contribution in [1.29, 1.82) is 0 Å². The molecule has 2 heterocycles. The molecule has 130 valence electrons. The Morgan fingerprint density at radius 2 is 2.00 bits per heavy atom. The van der Waals surface area contributed by atoms with Crippen molar-refractivity contribution in [3.63, 3.8) is 0 Å². The van der Waals surface area contributed by atoms with Crippen LogP contribution in [0.15, 0.2) is 60.8 Å². The molecule has 1 amide bonds. The minimum absolute atomic E-state index is 0.201. The topological polar surface area (TPSA) is 51.0 Å². The number of carbonyl (C=O) groups excluding carboxylic acids is 1. The molecule has 0 radical (unpaired) electrons. The van der Waals surface area contributed by atoms with E-state index in [4.69, 9.17) is 0 Å². The fraction of sp³-hybridized carbons (Fsp3) is 0.105. The third kappa shape index (κ3) is 3.09. The molecule has 0 saturated carbocycles. The highest BCUT2D eigenvalue weighted by Gasteiger charge is 2.24. The van der Waals surface area contributed by atoms with Gasteiger partial charge >= 0.3 is 0 Å². The monoisotopic (exact) mass is 366 g/mol. The molecule has 2 aromatic carbocycles. The molecule has 7 heteroatoms. The Balaban J connectivity index is 1.78. The van der Waals surface area contributed by atoms with Gasteiger partial charge < -0.3 is 0 Å². The van der Waals surface area contributed by atoms with Crippen molar-refractivity contribution in [2.24, 2.45) is 7.05 Å². The second-order valence-corrected chi connectivity index (χ2v) is 6.83. The van der Waals surface area contributed by atoms with Gasteiger partial charge in [-0.15, -0.1) is 0 Å². The SMILES string of the molecule is Cn1nccc1C(=O)N(Cc1ccccc1)c1nc2ccc(F)cc2s1. The predicted octanol–water partition coefficient (Wildman–Crippen LogP) is 4.02. The van der Waals surface area contributed by atoms with E-state index in [0.29, 0.717) is 27.6 Å². The molecule has 4 aromatic rings. The second-order valence-electron chi connectivity index (χ2n) is 5.83. The summed E-state index contributed by atoms with van der Waals surface area (Å²) >= 11 is 1.29. The second kappa shape index (κ2) is 6.68. The van der Waals surface area contributed by atoms with Crippen LogP contribution in [0.25, 0.3) is 10.2 Å². The van der Waals surface area contributed by atoms with E-state index in [0.717, 1.165) is 5.56 Å². The maximum absolute atomic E-state index is 13.5. The first-order valence-corrected chi connectivity index (χ1v) is 8.83. The largest absolute Gasteiger partial charge is 0.278 e. The first-order valence-electron chi connectivity index (χ1n) is 8.02. The molecule has 0 bridgehead atoms. The van der Waals surface area contributed by atoms with Gasteiger partial charge in [0.25, 0.3) is 5.91 Å². The standard InChI is InChI=1S/C19H15FN4OS/c1-23-16(9-10-21-23)18(25)24(12-13-5-3-2-4-6-13)19-22-15-8-7-14(20)11-17(15)26-19/h2-11H,12H2,1H3. The number of benzene rings is 2. The van der Waals surface area contributed by atoms with Crippen LogP contribution >= 0.6 is 11.3 Å². The molecule has 0 aliphatic heterocycles. The molecule has 0 aliphatic carbocycles. The van der Waals surface area contributed by atoms with Crippen LogP contribution < -0.4 is 4.90 Å². The summed E-state index contributed by atoms with van der Waals surface area (Å²) in [6.07, 6.45) is 1.58. The van der Waals surface area contributed by atoms with E-state index in [1.807, 2.05) is 30.3 Å². The van der Waals surface area contributed by atoms with Gasteiger partial charge in [-0.3, -0.25) is 14.4 Å². The number of hydrogen-bond donors (Lipinski definition) is 0. The summed E-state index contributed by atoms with van der Waals surface area (Å²) in [6.45, 7) is 0.368. The van der Waals surface area contributed by atoms with Crippen LogP contribution in [-0.4, -0.2) is 20.7 Å². The molecule has 5 nitrogen and oxygen atoms in total. The number of nitrogens with zero attached hydrogens (tertiary/aromatic N) is 4. The Morgan fingerprint density at radius 1 is 1.19 bits per heavy atom. The van der Waals surface area contributed by atoms with Gasteiger partial charge in [0.15, 0.2) is 5.13 Å². The fourth-order valence-electron chi connectivity index (χ4n) is 2.72. The van der Waals surface area contributed by atoms with Crippen molar-refractivity contribution in [3.05, 3.63) is 77.9 Å². The van der Waals surface area contributed by atoms with Gasteiger partial charge in [0.1, 0.15) is 11.5 Å². The van der Waals surface area contributed by atoms with Gasteiger partial charge in [-0.05, 0) is 29.8 Å². The zero-order valence-corrected chi connectivity index (χ0v) is 14.8. The van der Waals surface area contributed by atoms with Crippen LogP contribution in [0.3, 0.4) is 0 Å². The first kappa shape index (κ1) is 16.4. The number of halogens is 1. The van der Waals surface area contributed by atoms with Crippen molar-refractivity contribution in [1.82, 2.24) is 14.8 Å². The van der Waals surface area contributed by atoms with Gasteiger partial charge in [-0.2, -0.15) is 5.10 Å². The van der Waals surface area contributed by atoms with Crippen LogP contribution in [-0.2, 0) is 13.6 Å². The smallest absolute Gasteiger partial charge is 0.278 e. The van der Waals surface area contributed by atoms with Gasteiger partial charge in [-0.25, -0.2) is 9.37 Å². The third-order valence-electron chi connectivity index (χ3n) is 4.04. The number of thiazole rings is 1. The van der Waals surface area contributed by atoms with Crippen LogP contribution in [0.4, 0.5) is 9.52 Å². The Labute approximate surface area is 153 Å². The van der Waals surface area contributed by atoms with E-state index in [9.17, 15) is 9.18 Å². The molecule has 2 aromatic heterocycles. The highest BCUT2D eigenvalue weighted by molar-refractivity contribution is 7.22. The molecule has 4 rings (SSSR count). The lowest BCUT2D eigenvalue weighted by Gasteiger charge is -2.20. The Hall–Kier alpha value is -3.06. The fourth-order valence-corrected chi connectivity index (χ4v) is 3.70. The zero-order chi connectivity index (χ0) is 18.1. The summed E-state index contributed by atoms with van der Waals surface area (Å²) in [5, 5.41) is 4.61. The number of aromatic nitrogens is 3. The lowest BCUT2D eigenvalue weighted by atomic mass is 10.2. The van der Waals surface area contributed by atoms with Crippen LogP contribution in [0, 0.1) is 5.82 Å². The van der Waals surface area contributed by atoms with Crippen LogP contribution in [0.5, 0.6) is 0 Å². The van der Waals surface area contributed by atoms with E-state index < -0.39 is 0 Å². The normalized spacial score (nSPS) is 11.0. The summed E-state index contributed by atoms with van der Waals surface area (Å²) in [5.74, 6) is -0.520. The minimum atomic E-state index is -0.319. The predicted molar refractivity (Wildman–Crippen MR) is 99.7 cm³/mol. The van der Waals surface area contributed by atoms with E-state index in [1.54, 1.807) is 30.3 Å². The first-order chi connectivity index (χ1) is 12.6. The Bertz CT molecular complexity index is 1070. The molecule has 0 fully saturated rings. The van der Waals surface area contributed by atoms with E-state index in [1.165, 1.54) is 28.2 Å². The molecule has 0 atom stereocenters. The number of fused-ring (bicyclic) bond motifs is 1. The average Bonchev–Trinajstić information content (AvgIpc) is 3.25. The molecule has 0 N–H and O–H groups in total. The molecular formula is C19H15FN4OS. The number of hydrogen-bond acceptors (Lipinski definition) is 4. The van der Waals surface area contributed by atoms with Crippen LogP contribution in [0.1, 0.15) is 16.1 Å². The van der Waals surface area contributed by atoms with Gasteiger partial charge in [0.2, 0.25) is 0 Å². The molecular weight excluding hydrogens is 351 g/mol. The van der Waals surface area contributed by atoms with Gasteiger partial charge in [0.05, 0.1) is 16.8 Å². The van der Waals surface area contributed by atoms with Gasteiger partial charge in [-0.1, -0.05) is 41.7 Å². The summed E-state index contributed by atoms with van der Waals surface area (Å²) in [5.41, 5.74) is 2.11. The maximum Gasteiger partial charge on any atom is 0.278 e. The number of aryl methyl sites for hydroxylation is 1. The number of rotatable bonds is 4. The lowest BCUT2D eigenvalue weighted by molar-refractivity contribution is 0.0976. The Kier molecular flexibility index (Phi) is 4.22. The molecule has 0 aliphatic rings. The van der Waals surface area contributed by atoms with Crippen molar-refractivity contribution in [2.45, 2.75) is 6.54 Å². The van der Waals surface area contributed by atoms with Crippen LogP contribution in [0.2, 0.25) is 0 Å². The number of carbonyl (C=O) groups is 1. The summed E-state index contributed by atoms with van der Waals surface area (Å²) < 4.78 is 15.8. The summed E-state index contributed by atoms with van der Waals surface area (Å²) in [6, 6.07) is 15.8. The van der Waals surface area contributed by atoms with Crippen molar-refractivity contribution in [2.75, 3.05) is 4.90 Å². The molecule has 0 spiro atoms. The minimum Gasteiger partial charge on any atom is -0.278 e. The van der Waals surface area contributed by atoms with Gasteiger partial charge in [0, 0.05) is 13.2 Å². The lowest BCUT2D eigenvalue weighted by Crippen LogP contribution is -2.31. The van der Waals surface area contributed by atoms with Crippen molar-refractivity contribution in [3.8, 4) is 0 Å². The van der Waals surface area contributed by atoms with Crippen molar-refractivity contribution >= 4 is 32.6 Å². The zero-order valence-electron chi connectivity index (χ0n) is 14.0. The van der Waals surface area contributed by atoms with Crippen molar-refractivity contribution < 1.29 is 9.18 Å². The third-order valence-corrected chi connectivity index (χ3v) is 5.08. The molecule has 0 unspecified atom stereocenters. The number of amides is 1. The summed E-state index contributed by atoms with van der Waals surface area (Å²) in [4.78, 5) is 19.3. The average molecular weight is 366 g/mol. The molecule has 0 saturated heterocycles.